The van der Waals surface area contributed by atoms with Gasteiger partial charge in [0, 0.05) is 11.5 Å². The topological polar surface area (TPSA) is 66.4 Å². The maximum atomic E-state index is 11.2. The third-order valence-corrected chi connectivity index (χ3v) is 3.38. The summed E-state index contributed by atoms with van der Waals surface area (Å²) in [5.41, 5.74) is 0.435. The molecule has 0 unspecified atom stereocenters. The number of carboxylic acids is 1. The first kappa shape index (κ1) is 19.6. The van der Waals surface area contributed by atoms with E-state index in [0.717, 1.165) is 43.3 Å². The fraction of sp³-hybridized carbons (Fsp3) is 0.750. The molecule has 0 aliphatic rings. The summed E-state index contributed by atoms with van der Waals surface area (Å²) < 4.78 is 5.92. The molecule has 0 amide bonds. The molecule has 0 N–H and O–H groups in total. The van der Waals surface area contributed by atoms with Gasteiger partial charge in [0.05, 0.1) is 33.8 Å². The Kier molecular flexibility index (Phi) is 9.71. The molecule has 0 aliphatic carbocycles. The minimum atomic E-state index is -0.968. The summed E-state index contributed by atoms with van der Waals surface area (Å²) >= 11 is 0. The van der Waals surface area contributed by atoms with Crippen molar-refractivity contribution >= 4 is 11.9 Å². The van der Waals surface area contributed by atoms with Crippen molar-refractivity contribution in [2.75, 3.05) is 33.8 Å². The van der Waals surface area contributed by atoms with Crippen molar-refractivity contribution in [3.63, 3.8) is 0 Å². The van der Waals surface area contributed by atoms with Gasteiger partial charge in [-0.15, -0.1) is 0 Å². The second-order valence-electron chi connectivity index (χ2n) is 6.19. The zero-order valence-corrected chi connectivity index (χ0v) is 13.7. The molecule has 0 aromatic rings. The number of esters is 1. The first-order valence-electron chi connectivity index (χ1n) is 7.59. The van der Waals surface area contributed by atoms with Crippen molar-refractivity contribution in [1.82, 2.24) is 0 Å². The van der Waals surface area contributed by atoms with Gasteiger partial charge in [0.1, 0.15) is 0 Å². The molecule has 21 heavy (non-hydrogen) atoms. The number of carboxylic acid groups (broad SMARTS) is 1. The van der Waals surface area contributed by atoms with Crippen molar-refractivity contribution in [1.29, 1.82) is 0 Å². The van der Waals surface area contributed by atoms with E-state index in [1.165, 1.54) is 0 Å². The van der Waals surface area contributed by atoms with Crippen LogP contribution in [0.25, 0.3) is 0 Å². The average Bonchev–Trinajstić information content (AvgIpc) is 2.38. The van der Waals surface area contributed by atoms with Gasteiger partial charge in [-0.1, -0.05) is 6.58 Å². The molecule has 0 spiro atoms. The Labute approximate surface area is 128 Å². The van der Waals surface area contributed by atoms with Gasteiger partial charge >= 0.3 is 5.97 Å². The Balaban J connectivity index is 3.58. The zero-order valence-electron chi connectivity index (χ0n) is 13.7. The first-order chi connectivity index (χ1) is 9.74. The van der Waals surface area contributed by atoms with Crippen molar-refractivity contribution in [2.24, 2.45) is 0 Å². The second-order valence-corrected chi connectivity index (χ2v) is 6.19. The van der Waals surface area contributed by atoms with Gasteiger partial charge in [0.25, 0.3) is 0 Å². The largest absolute Gasteiger partial charge is 0.550 e. The summed E-state index contributed by atoms with van der Waals surface area (Å²) in [4.78, 5) is 21.5. The van der Waals surface area contributed by atoms with E-state index in [9.17, 15) is 14.7 Å². The van der Waals surface area contributed by atoms with E-state index in [4.69, 9.17) is 4.74 Å². The lowest BCUT2D eigenvalue weighted by molar-refractivity contribution is -0.890. The lowest BCUT2D eigenvalue weighted by atomic mass is 10.2. The van der Waals surface area contributed by atoms with Crippen LogP contribution in [0, 0.1) is 0 Å². The van der Waals surface area contributed by atoms with Gasteiger partial charge in [-0.3, -0.25) is 0 Å². The predicted octanol–water partition coefficient (Wildman–Crippen LogP) is 1.27. The Morgan fingerprint density at radius 2 is 1.62 bits per heavy atom. The molecule has 5 heteroatoms. The maximum Gasteiger partial charge on any atom is 0.333 e. The fourth-order valence-electron chi connectivity index (χ4n) is 2.03. The highest BCUT2D eigenvalue weighted by molar-refractivity contribution is 5.86. The van der Waals surface area contributed by atoms with E-state index in [1.807, 2.05) is 0 Å². The highest BCUT2D eigenvalue weighted by atomic mass is 16.5. The Morgan fingerprint density at radius 3 is 2.14 bits per heavy atom. The van der Waals surface area contributed by atoms with Crippen molar-refractivity contribution in [2.45, 2.75) is 45.4 Å². The van der Waals surface area contributed by atoms with Crippen LogP contribution in [0.5, 0.6) is 0 Å². The molecule has 0 aromatic carbocycles. The molecular weight excluding hydrogens is 270 g/mol. The van der Waals surface area contributed by atoms with Gasteiger partial charge in [0.2, 0.25) is 0 Å². The molecule has 0 bridgehead atoms. The summed E-state index contributed by atoms with van der Waals surface area (Å²) in [5.74, 6) is -1.29. The number of unbranched alkanes of at least 4 members (excludes halogenated alkanes) is 3. The van der Waals surface area contributed by atoms with E-state index in [-0.39, 0.29) is 12.4 Å². The Bertz CT molecular complexity index is 350. The van der Waals surface area contributed by atoms with E-state index in [0.29, 0.717) is 18.6 Å². The molecule has 122 valence electrons. The number of ether oxygens (including phenoxy) is 1. The number of carbonyl (C=O) groups excluding carboxylic acids is 2. The molecule has 0 rings (SSSR count). The minimum Gasteiger partial charge on any atom is -0.550 e. The summed E-state index contributed by atoms with van der Waals surface area (Å²) in [6, 6.07) is 0. The van der Waals surface area contributed by atoms with E-state index < -0.39 is 5.97 Å². The number of rotatable bonds is 12. The molecule has 0 saturated carbocycles. The number of carbonyl (C=O) groups is 2. The van der Waals surface area contributed by atoms with Crippen molar-refractivity contribution in [3.8, 4) is 0 Å². The van der Waals surface area contributed by atoms with E-state index >= 15 is 0 Å². The summed E-state index contributed by atoms with van der Waals surface area (Å²) in [6.07, 6.45) is 4.68. The third kappa shape index (κ3) is 12.1. The Hall–Kier alpha value is -1.36. The van der Waals surface area contributed by atoms with Crippen LogP contribution >= 0.6 is 0 Å². The smallest absolute Gasteiger partial charge is 0.333 e. The first-order valence-corrected chi connectivity index (χ1v) is 7.59. The number of aliphatic carboxylic acids is 1. The van der Waals surface area contributed by atoms with Crippen LogP contribution in [0.3, 0.4) is 0 Å². The van der Waals surface area contributed by atoms with Crippen LogP contribution in [0.15, 0.2) is 12.2 Å². The summed E-state index contributed by atoms with van der Waals surface area (Å²) in [6.45, 7) is 7.63. The summed E-state index contributed by atoms with van der Waals surface area (Å²) in [7, 11) is 4.31. The van der Waals surface area contributed by atoms with Crippen molar-refractivity contribution in [3.05, 3.63) is 12.2 Å². The zero-order chi connectivity index (χ0) is 16.3. The van der Waals surface area contributed by atoms with Crippen LogP contribution in [0.2, 0.25) is 0 Å². The summed E-state index contributed by atoms with van der Waals surface area (Å²) in [5, 5.41) is 10.3. The Morgan fingerprint density at radius 1 is 1.05 bits per heavy atom. The fourth-order valence-corrected chi connectivity index (χ4v) is 2.03. The standard InChI is InChI=1S/C16H29NO4/c1-14(2)16(20)21-13-9-5-7-11-17(3,4)12-8-6-10-15(18)19/h1,5-13H2,2-4H3. The lowest BCUT2D eigenvalue weighted by Gasteiger charge is -2.30. The maximum absolute atomic E-state index is 11.2. The molecule has 0 heterocycles. The van der Waals surface area contributed by atoms with Gasteiger partial charge in [-0.2, -0.15) is 0 Å². The number of hydrogen-bond donors (Lipinski definition) is 0. The van der Waals surface area contributed by atoms with Crippen LogP contribution in [-0.2, 0) is 14.3 Å². The molecule has 0 aromatic heterocycles. The van der Waals surface area contributed by atoms with Gasteiger partial charge < -0.3 is 19.1 Å². The number of quaternary nitrogens is 1. The van der Waals surface area contributed by atoms with Gasteiger partial charge in [0.15, 0.2) is 0 Å². The molecular formula is C16H29NO4. The monoisotopic (exact) mass is 299 g/mol. The lowest BCUT2D eigenvalue weighted by Crippen LogP contribution is -2.41. The average molecular weight is 299 g/mol. The van der Waals surface area contributed by atoms with Gasteiger partial charge in [-0.05, 0) is 45.4 Å². The highest BCUT2D eigenvalue weighted by Crippen LogP contribution is 2.07. The van der Waals surface area contributed by atoms with Crippen LogP contribution < -0.4 is 5.11 Å². The normalized spacial score (nSPS) is 11.2. The van der Waals surface area contributed by atoms with E-state index in [1.54, 1.807) is 6.92 Å². The molecule has 0 fully saturated rings. The molecule has 0 saturated heterocycles. The second kappa shape index (κ2) is 10.4. The number of hydrogen-bond acceptors (Lipinski definition) is 4. The molecule has 0 aliphatic heterocycles. The van der Waals surface area contributed by atoms with E-state index in [2.05, 4.69) is 20.7 Å². The highest BCUT2D eigenvalue weighted by Gasteiger charge is 2.13. The molecule has 0 radical (unpaired) electrons. The number of nitrogens with zero attached hydrogens (tertiary/aromatic N) is 1. The SMILES string of the molecule is C=C(C)C(=O)OCCCCC[N+](C)(C)CCCCC(=O)[O-]. The third-order valence-electron chi connectivity index (χ3n) is 3.38. The molecule has 5 nitrogen and oxygen atoms in total. The quantitative estimate of drug-likeness (QED) is 0.236. The van der Waals surface area contributed by atoms with Crippen LogP contribution in [-0.4, -0.2) is 50.2 Å². The van der Waals surface area contributed by atoms with Crippen LogP contribution in [0.4, 0.5) is 0 Å². The van der Waals surface area contributed by atoms with Gasteiger partial charge in [-0.25, -0.2) is 4.79 Å². The van der Waals surface area contributed by atoms with Crippen molar-refractivity contribution < 1.29 is 23.9 Å². The van der Waals surface area contributed by atoms with Crippen LogP contribution in [0.1, 0.15) is 45.4 Å². The predicted molar refractivity (Wildman–Crippen MR) is 80.3 cm³/mol. The minimum absolute atomic E-state index is 0.147. The molecule has 0 atom stereocenters.